The molecule has 5 heteroatoms. The minimum Gasteiger partial charge on any atom is -0.458 e. The minimum absolute atomic E-state index is 0.0342. The number of aromatic amines is 1. The van der Waals surface area contributed by atoms with Gasteiger partial charge in [0, 0.05) is 12.0 Å². The van der Waals surface area contributed by atoms with Crippen LogP contribution in [0.5, 0.6) is 0 Å². The number of nitrogens with one attached hydrogen (secondary N) is 1. The summed E-state index contributed by atoms with van der Waals surface area (Å²) < 4.78 is 10.8. The number of carbonyl (C=O) groups is 1. The molecular formula is C14H16N2O3. The lowest BCUT2D eigenvalue weighted by atomic mass is 10.1. The van der Waals surface area contributed by atoms with E-state index in [0.29, 0.717) is 12.3 Å². The van der Waals surface area contributed by atoms with E-state index >= 15 is 0 Å². The predicted molar refractivity (Wildman–Crippen MR) is 70.0 cm³/mol. The molecular weight excluding hydrogens is 244 g/mol. The summed E-state index contributed by atoms with van der Waals surface area (Å²) in [6.07, 6.45) is 3.22. The smallest absolute Gasteiger partial charge is 0.357 e. The largest absolute Gasteiger partial charge is 0.458 e. The lowest BCUT2D eigenvalue weighted by molar-refractivity contribution is -0.0301. The number of H-pyrrole nitrogens is 1. The Morgan fingerprint density at radius 1 is 1.42 bits per heavy atom. The van der Waals surface area contributed by atoms with Gasteiger partial charge in [-0.05, 0) is 25.3 Å². The van der Waals surface area contributed by atoms with Crippen LogP contribution in [-0.4, -0.2) is 35.5 Å². The van der Waals surface area contributed by atoms with Gasteiger partial charge in [-0.15, -0.1) is 0 Å². The molecule has 1 atom stereocenters. The Morgan fingerprint density at radius 3 is 3.16 bits per heavy atom. The van der Waals surface area contributed by atoms with Crippen molar-refractivity contribution in [2.24, 2.45) is 0 Å². The number of benzene rings is 1. The molecule has 0 bridgehead atoms. The number of hydrogen-bond acceptors (Lipinski definition) is 4. The second kappa shape index (κ2) is 5.40. The second-order valence-electron chi connectivity index (χ2n) is 4.70. The summed E-state index contributed by atoms with van der Waals surface area (Å²) in [5, 5.41) is 7.60. The molecule has 1 saturated heterocycles. The maximum atomic E-state index is 12.0. The number of nitrogens with zero attached hydrogens (tertiary/aromatic N) is 1. The van der Waals surface area contributed by atoms with E-state index in [4.69, 9.17) is 9.47 Å². The van der Waals surface area contributed by atoms with Gasteiger partial charge in [-0.2, -0.15) is 5.10 Å². The Morgan fingerprint density at radius 2 is 2.32 bits per heavy atom. The van der Waals surface area contributed by atoms with Crippen molar-refractivity contribution in [3.05, 3.63) is 30.0 Å². The Balaban J connectivity index is 1.66. The lowest BCUT2D eigenvalue weighted by Crippen LogP contribution is -2.26. The first kappa shape index (κ1) is 12.2. The highest BCUT2D eigenvalue weighted by atomic mass is 16.6. The van der Waals surface area contributed by atoms with Crippen molar-refractivity contribution in [2.75, 3.05) is 13.2 Å². The van der Waals surface area contributed by atoms with Gasteiger partial charge in [0.05, 0.1) is 11.6 Å². The number of aromatic nitrogens is 2. The average Bonchev–Trinajstić information content (AvgIpc) is 2.90. The van der Waals surface area contributed by atoms with Gasteiger partial charge < -0.3 is 9.47 Å². The van der Waals surface area contributed by atoms with Crippen molar-refractivity contribution in [1.82, 2.24) is 10.2 Å². The van der Waals surface area contributed by atoms with Crippen LogP contribution in [0.15, 0.2) is 24.3 Å². The molecule has 2 heterocycles. The van der Waals surface area contributed by atoms with Gasteiger partial charge in [-0.3, -0.25) is 5.10 Å². The molecule has 1 aromatic heterocycles. The molecule has 0 amide bonds. The Labute approximate surface area is 110 Å². The standard InChI is InChI=1S/C14H16N2O3/c17-14(19-9-10-5-3-4-8-18-10)13-11-6-1-2-7-12(11)15-16-13/h1-2,6-7,10H,3-5,8-9H2,(H,15,16). The number of carbonyl (C=O) groups excluding carboxylic acids is 1. The van der Waals surface area contributed by atoms with Crippen molar-refractivity contribution in [1.29, 1.82) is 0 Å². The van der Waals surface area contributed by atoms with Crippen LogP contribution in [0, 0.1) is 0 Å². The zero-order valence-corrected chi connectivity index (χ0v) is 10.6. The molecule has 100 valence electrons. The Kier molecular flexibility index (Phi) is 3.46. The van der Waals surface area contributed by atoms with Crippen LogP contribution >= 0.6 is 0 Å². The SMILES string of the molecule is O=C(OCC1CCCCO1)c1[nH]nc2ccccc12. The van der Waals surface area contributed by atoms with Gasteiger partial charge in [-0.1, -0.05) is 18.2 Å². The third-order valence-electron chi connectivity index (χ3n) is 3.34. The molecule has 0 radical (unpaired) electrons. The molecule has 1 N–H and O–H groups in total. The van der Waals surface area contributed by atoms with Crippen LogP contribution in [0.4, 0.5) is 0 Å². The van der Waals surface area contributed by atoms with Crippen molar-refractivity contribution >= 4 is 16.9 Å². The molecule has 19 heavy (non-hydrogen) atoms. The predicted octanol–water partition coefficient (Wildman–Crippen LogP) is 2.29. The number of hydrogen-bond donors (Lipinski definition) is 1. The normalized spacial score (nSPS) is 19.5. The molecule has 2 aromatic rings. The van der Waals surface area contributed by atoms with Gasteiger partial charge in [0.1, 0.15) is 6.61 Å². The number of rotatable bonds is 3. The summed E-state index contributed by atoms with van der Waals surface area (Å²) in [4.78, 5) is 12.0. The fourth-order valence-corrected chi connectivity index (χ4v) is 2.29. The van der Waals surface area contributed by atoms with E-state index in [0.717, 1.165) is 36.8 Å². The summed E-state index contributed by atoms with van der Waals surface area (Å²) in [7, 11) is 0. The van der Waals surface area contributed by atoms with Gasteiger partial charge >= 0.3 is 5.97 Å². The number of ether oxygens (including phenoxy) is 2. The zero-order valence-electron chi connectivity index (χ0n) is 10.6. The fraction of sp³-hybridized carbons (Fsp3) is 0.429. The molecule has 5 nitrogen and oxygen atoms in total. The van der Waals surface area contributed by atoms with Crippen LogP contribution in [0.1, 0.15) is 29.8 Å². The Bertz CT molecular complexity index is 573. The Hall–Kier alpha value is -1.88. The molecule has 1 aliphatic rings. The van der Waals surface area contributed by atoms with Crippen LogP contribution in [0.3, 0.4) is 0 Å². The van der Waals surface area contributed by atoms with Crippen molar-refractivity contribution in [2.45, 2.75) is 25.4 Å². The second-order valence-corrected chi connectivity index (χ2v) is 4.70. The lowest BCUT2D eigenvalue weighted by Gasteiger charge is -2.21. The van der Waals surface area contributed by atoms with E-state index in [1.807, 2.05) is 24.3 Å². The highest BCUT2D eigenvalue weighted by Crippen LogP contribution is 2.17. The van der Waals surface area contributed by atoms with Crippen LogP contribution in [0.25, 0.3) is 10.9 Å². The highest BCUT2D eigenvalue weighted by molar-refractivity contribution is 6.01. The van der Waals surface area contributed by atoms with Crippen LogP contribution in [0.2, 0.25) is 0 Å². The summed E-state index contributed by atoms with van der Waals surface area (Å²) in [5.74, 6) is -0.372. The molecule has 3 rings (SSSR count). The van der Waals surface area contributed by atoms with E-state index < -0.39 is 0 Å². The van der Waals surface area contributed by atoms with E-state index in [1.54, 1.807) is 0 Å². The van der Waals surface area contributed by atoms with E-state index in [9.17, 15) is 4.79 Å². The van der Waals surface area contributed by atoms with E-state index in [1.165, 1.54) is 0 Å². The maximum Gasteiger partial charge on any atom is 0.357 e. The third-order valence-corrected chi connectivity index (χ3v) is 3.34. The van der Waals surface area contributed by atoms with E-state index in [2.05, 4.69) is 10.2 Å². The summed E-state index contributed by atoms with van der Waals surface area (Å²) in [6, 6.07) is 7.46. The molecule has 1 aromatic carbocycles. The van der Waals surface area contributed by atoms with Gasteiger partial charge in [-0.25, -0.2) is 4.79 Å². The van der Waals surface area contributed by atoms with Crippen molar-refractivity contribution in [3.63, 3.8) is 0 Å². The quantitative estimate of drug-likeness (QED) is 0.860. The van der Waals surface area contributed by atoms with Crippen molar-refractivity contribution in [3.8, 4) is 0 Å². The third kappa shape index (κ3) is 2.61. The monoisotopic (exact) mass is 260 g/mol. The molecule has 1 fully saturated rings. The van der Waals surface area contributed by atoms with E-state index in [-0.39, 0.29) is 12.1 Å². The molecule has 0 aliphatic carbocycles. The molecule has 0 saturated carbocycles. The zero-order chi connectivity index (χ0) is 13.1. The fourth-order valence-electron chi connectivity index (χ4n) is 2.29. The highest BCUT2D eigenvalue weighted by Gasteiger charge is 2.19. The number of esters is 1. The number of fused-ring (bicyclic) bond motifs is 1. The first-order valence-electron chi connectivity index (χ1n) is 6.56. The van der Waals surface area contributed by atoms with Gasteiger partial charge in [0.25, 0.3) is 0 Å². The first-order valence-corrected chi connectivity index (χ1v) is 6.56. The first-order chi connectivity index (χ1) is 9.34. The number of para-hydroxylation sites is 1. The average molecular weight is 260 g/mol. The summed E-state index contributed by atoms with van der Waals surface area (Å²) in [5.41, 5.74) is 1.18. The summed E-state index contributed by atoms with van der Waals surface area (Å²) in [6.45, 7) is 1.07. The van der Waals surface area contributed by atoms with Gasteiger partial charge in [0.15, 0.2) is 5.69 Å². The molecule has 0 spiro atoms. The molecule has 1 aliphatic heterocycles. The van der Waals surface area contributed by atoms with Gasteiger partial charge in [0.2, 0.25) is 0 Å². The summed E-state index contributed by atoms with van der Waals surface area (Å²) >= 11 is 0. The van der Waals surface area contributed by atoms with Crippen LogP contribution in [-0.2, 0) is 9.47 Å². The van der Waals surface area contributed by atoms with Crippen LogP contribution < -0.4 is 0 Å². The topological polar surface area (TPSA) is 64.2 Å². The maximum absolute atomic E-state index is 12.0. The minimum atomic E-state index is -0.372. The van der Waals surface area contributed by atoms with Crippen molar-refractivity contribution < 1.29 is 14.3 Å². The molecule has 1 unspecified atom stereocenters.